The quantitative estimate of drug-likeness (QED) is 0.571. The van der Waals surface area contributed by atoms with Crippen LogP contribution >= 0.6 is 0 Å². The number of carbonyl (C=O) groups is 2. The minimum atomic E-state index is -3.94. The Morgan fingerprint density at radius 1 is 1.15 bits per heavy atom. The molecule has 138 valence electrons. The maximum atomic E-state index is 12.2. The summed E-state index contributed by atoms with van der Waals surface area (Å²) in [4.78, 5) is 36.8. The summed E-state index contributed by atoms with van der Waals surface area (Å²) >= 11 is 0. The number of pyridine rings is 1. The Morgan fingerprint density at radius 2 is 1.73 bits per heavy atom. The predicted octanol–water partition coefficient (Wildman–Crippen LogP) is 0.433. The van der Waals surface area contributed by atoms with Crippen molar-refractivity contribution in [2.45, 2.75) is 4.90 Å². The third-order valence-corrected chi connectivity index (χ3v) is 4.67. The van der Waals surface area contributed by atoms with Gasteiger partial charge in [0.15, 0.2) is 9.84 Å². The highest BCUT2D eigenvalue weighted by Gasteiger charge is 2.29. The highest BCUT2D eigenvalue weighted by Crippen LogP contribution is 2.35. The van der Waals surface area contributed by atoms with E-state index in [4.69, 9.17) is 10.5 Å². The smallest absolute Gasteiger partial charge is 0.342 e. The number of carboxylic acid groups (broad SMARTS) is 2. The highest BCUT2D eigenvalue weighted by atomic mass is 32.2. The standard InChI is InChI=1S/C15H14N2O8S/c1-25-6-3-4-7(8(5-6)26(2,23)24)9-10(14(19)20)12(16)17-13(18)11(9)15(21)22/h3-5H,1-2H3,(H,19,20)(H,21,22)(H3,16,17,18). The minimum Gasteiger partial charge on any atom is -0.497 e. The maximum absolute atomic E-state index is 12.2. The van der Waals surface area contributed by atoms with Crippen LogP contribution in [0.25, 0.3) is 11.1 Å². The maximum Gasteiger partial charge on any atom is 0.342 e. The summed E-state index contributed by atoms with van der Waals surface area (Å²) in [6.07, 6.45) is 0.850. The van der Waals surface area contributed by atoms with Crippen molar-refractivity contribution in [3.63, 3.8) is 0 Å². The summed E-state index contributed by atoms with van der Waals surface area (Å²) in [6, 6.07) is 3.56. The third-order valence-electron chi connectivity index (χ3n) is 3.53. The van der Waals surface area contributed by atoms with E-state index in [0.717, 1.165) is 18.4 Å². The second-order valence-corrected chi connectivity index (χ2v) is 7.22. The summed E-state index contributed by atoms with van der Waals surface area (Å²) in [6.45, 7) is 0. The number of nitrogens with two attached hydrogens (primary N) is 1. The summed E-state index contributed by atoms with van der Waals surface area (Å²) in [5.41, 5.74) is 1.82. The zero-order valence-corrected chi connectivity index (χ0v) is 14.4. The molecule has 10 nitrogen and oxygen atoms in total. The van der Waals surface area contributed by atoms with Crippen LogP contribution in [0.5, 0.6) is 5.75 Å². The average molecular weight is 382 g/mol. The fourth-order valence-electron chi connectivity index (χ4n) is 2.46. The van der Waals surface area contributed by atoms with E-state index in [1.165, 1.54) is 13.2 Å². The lowest BCUT2D eigenvalue weighted by Gasteiger charge is -2.15. The molecule has 0 aliphatic carbocycles. The minimum absolute atomic E-state index is 0.140. The number of sulfone groups is 1. The van der Waals surface area contributed by atoms with Gasteiger partial charge < -0.3 is 25.7 Å². The van der Waals surface area contributed by atoms with Crippen LogP contribution in [0.15, 0.2) is 27.9 Å². The van der Waals surface area contributed by atoms with Gasteiger partial charge in [0.05, 0.1) is 12.0 Å². The lowest BCUT2D eigenvalue weighted by atomic mass is 9.95. The molecule has 1 heterocycles. The normalized spacial score (nSPS) is 11.2. The second kappa shape index (κ2) is 6.52. The van der Waals surface area contributed by atoms with Gasteiger partial charge >= 0.3 is 11.9 Å². The number of rotatable bonds is 5. The van der Waals surface area contributed by atoms with E-state index in [1.807, 2.05) is 4.98 Å². The number of methoxy groups -OCH3 is 1. The van der Waals surface area contributed by atoms with Gasteiger partial charge in [-0.2, -0.15) is 0 Å². The molecule has 2 rings (SSSR count). The molecule has 0 spiro atoms. The van der Waals surface area contributed by atoms with E-state index in [2.05, 4.69) is 0 Å². The lowest BCUT2D eigenvalue weighted by Crippen LogP contribution is -2.24. The van der Waals surface area contributed by atoms with E-state index in [0.29, 0.717) is 0 Å². The van der Waals surface area contributed by atoms with Crippen molar-refractivity contribution in [3.8, 4) is 16.9 Å². The van der Waals surface area contributed by atoms with Crippen molar-refractivity contribution in [1.29, 1.82) is 0 Å². The number of nitrogen functional groups attached to an aromatic ring is 1. The SMILES string of the molecule is COc1ccc(-c2c(C(=O)O)c(N)[nH]c(=O)c2C(=O)O)c(S(C)(=O)=O)c1. The molecule has 26 heavy (non-hydrogen) atoms. The number of H-pyrrole nitrogens is 1. The summed E-state index contributed by atoms with van der Waals surface area (Å²) in [7, 11) is -2.65. The fourth-order valence-corrected chi connectivity index (χ4v) is 3.36. The van der Waals surface area contributed by atoms with Crippen molar-refractivity contribution < 1.29 is 33.0 Å². The number of nitrogens with one attached hydrogen (secondary N) is 1. The van der Waals surface area contributed by atoms with E-state index >= 15 is 0 Å². The van der Waals surface area contributed by atoms with Gasteiger partial charge in [-0.15, -0.1) is 0 Å². The topological polar surface area (TPSA) is 177 Å². The molecule has 5 N–H and O–H groups in total. The van der Waals surface area contributed by atoms with Crippen LogP contribution in [0.3, 0.4) is 0 Å². The van der Waals surface area contributed by atoms with Crippen molar-refractivity contribution in [1.82, 2.24) is 4.98 Å². The molecule has 0 saturated heterocycles. The molecule has 0 radical (unpaired) electrons. The van der Waals surface area contributed by atoms with Gasteiger partial charge in [-0.1, -0.05) is 0 Å². The Labute approximate surface area is 146 Å². The van der Waals surface area contributed by atoms with Gasteiger partial charge in [-0.05, 0) is 18.2 Å². The Hall–Kier alpha value is -3.34. The highest BCUT2D eigenvalue weighted by molar-refractivity contribution is 7.90. The van der Waals surface area contributed by atoms with Gasteiger partial charge in [0.2, 0.25) is 0 Å². The lowest BCUT2D eigenvalue weighted by molar-refractivity contribution is 0.0695. The third kappa shape index (κ3) is 3.24. The number of aromatic amines is 1. The van der Waals surface area contributed by atoms with Gasteiger partial charge in [0, 0.05) is 17.4 Å². The van der Waals surface area contributed by atoms with Gasteiger partial charge in [0.1, 0.15) is 22.7 Å². The van der Waals surface area contributed by atoms with Crippen molar-refractivity contribution in [2.24, 2.45) is 0 Å². The van der Waals surface area contributed by atoms with Gasteiger partial charge in [-0.3, -0.25) is 4.79 Å². The molecule has 1 aromatic carbocycles. The van der Waals surface area contributed by atoms with Gasteiger partial charge in [-0.25, -0.2) is 18.0 Å². The van der Waals surface area contributed by atoms with Crippen LogP contribution in [0.1, 0.15) is 20.7 Å². The Bertz CT molecular complexity index is 1090. The molecular formula is C15H14N2O8S. The van der Waals surface area contributed by atoms with Crippen LogP contribution in [0, 0.1) is 0 Å². The summed E-state index contributed by atoms with van der Waals surface area (Å²) in [5.74, 6) is -3.83. The molecule has 2 aromatic rings. The van der Waals surface area contributed by atoms with Crippen molar-refractivity contribution in [2.75, 3.05) is 19.1 Å². The van der Waals surface area contributed by atoms with Crippen LogP contribution < -0.4 is 16.0 Å². The Balaban J connectivity index is 3.13. The van der Waals surface area contributed by atoms with Crippen LogP contribution in [-0.4, -0.2) is 48.9 Å². The molecule has 0 fully saturated rings. The molecule has 1 aromatic heterocycles. The number of carboxylic acids is 2. The molecule has 0 aliphatic rings. The summed E-state index contributed by atoms with van der Waals surface area (Å²) < 4.78 is 29.3. The number of anilines is 1. The van der Waals surface area contributed by atoms with Gasteiger partial charge in [0.25, 0.3) is 5.56 Å². The molecule has 0 atom stereocenters. The summed E-state index contributed by atoms with van der Waals surface area (Å²) in [5, 5.41) is 18.8. The first-order chi connectivity index (χ1) is 12.0. The number of ether oxygens (including phenoxy) is 1. The molecule has 0 unspecified atom stereocenters. The molecule has 0 aliphatic heterocycles. The van der Waals surface area contributed by atoms with Crippen molar-refractivity contribution in [3.05, 3.63) is 39.7 Å². The molecule has 0 amide bonds. The largest absolute Gasteiger partial charge is 0.497 e. The predicted molar refractivity (Wildman–Crippen MR) is 90.5 cm³/mol. The van der Waals surface area contributed by atoms with E-state index in [1.54, 1.807) is 0 Å². The molecular weight excluding hydrogens is 368 g/mol. The number of aromatic nitrogens is 1. The Kier molecular flexibility index (Phi) is 4.76. The first-order valence-electron chi connectivity index (χ1n) is 6.89. The number of aromatic carboxylic acids is 2. The molecule has 0 saturated carbocycles. The van der Waals surface area contributed by atoms with Crippen LogP contribution in [0.2, 0.25) is 0 Å². The van der Waals surface area contributed by atoms with Crippen LogP contribution in [0.4, 0.5) is 5.82 Å². The number of hydrogen-bond donors (Lipinski definition) is 4. The Morgan fingerprint density at radius 3 is 2.19 bits per heavy atom. The van der Waals surface area contributed by atoms with E-state index in [-0.39, 0.29) is 11.3 Å². The van der Waals surface area contributed by atoms with E-state index < -0.39 is 54.7 Å². The number of benzene rings is 1. The molecule has 11 heteroatoms. The first kappa shape index (κ1) is 19.0. The number of hydrogen-bond acceptors (Lipinski definition) is 7. The zero-order chi connectivity index (χ0) is 19.8. The molecule has 0 bridgehead atoms. The second-order valence-electron chi connectivity index (χ2n) is 5.24. The van der Waals surface area contributed by atoms with Crippen molar-refractivity contribution >= 4 is 27.6 Å². The fraction of sp³-hybridized carbons (Fsp3) is 0.133. The van der Waals surface area contributed by atoms with Crippen LogP contribution in [-0.2, 0) is 9.84 Å². The first-order valence-corrected chi connectivity index (χ1v) is 8.79. The zero-order valence-electron chi connectivity index (χ0n) is 13.6. The average Bonchev–Trinajstić information content (AvgIpc) is 2.51. The van der Waals surface area contributed by atoms with E-state index in [9.17, 15) is 33.0 Å². The monoisotopic (exact) mass is 382 g/mol.